The molecule has 2 amide bonds. The number of nitrogens with zero attached hydrogens (tertiary/aromatic N) is 2. The van der Waals surface area contributed by atoms with Gasteiger partial charge in [-0.2, -0.15) is 4.98 Å². The highest BCUT2D eigenvalue weighted by atomic mass is 16.5. The van der Waals surface area contributed by atoms with Crippen molar-refractivity contribution in [1.29, 1.82) is 0 Å². The van der Waals surface area contributed by atoms with E-state index in [1.807, 2.05) is 32.0 Å². The van der Waals surface area contributed by atoms with Gasteiger partial charge in [-0.15, -0.1) is 0 Å². The van der Waals surface area contributed by atoms with Crippen molar-refractivity contribution < 1.29 is 18.8 Å². The molecule has 0 saturated carbocycles. The van der Waals surface area contributed by atoms with Crippen LogP contribution in [0.1, 0.15) is 27.3 Å². The first kappa shape index (κ1) is 19.1. The molecule has 2 N–H and O–H groups in total. The van der Waals surface area contributed by atoms with Gasteiger partial charge >= 0.3 is 0 Å². The van der Waals surface area contributed by atoms with E-state index in [9.17, 15) is 9.59 Å². The van der Waals surface area contributed by atoms with Gasteiger partial charge in [0.2, 0.25) is 0 Å². The van der Waals surface area contributed by atoms with Crippen LogP contribution in [0, 0.1) is 20.8 Å². The van der Waals surface area contributed by atoms with Crippen LogP contribution in [-0.2, 0) is 4.79 Å². The standard InChI is InChI=1S/C20H20N4O4/c1-12-4-5-13(2)17(10-12)27-11-18(25)22-23-19(26)15-6-8-16(9-7-15)20-21-14(3)24-28-20/h4-10H,11H2,1-3H3,(H,22,25)(H,23,26). The summed E-state index contributed by atoms with van der Waals surface area (Å²) in [5.41, 5.74) is 7.72. The number of aryl methyl sites for hydroxylation is 3. The van der Waals surface area contributed by atoms with E-state index in [2.05, 4.69) is 21.0 Å². The van der Waals surface area contributed by atoms with Crippen LogP contribution in [0.4, 0.5) is 0 Å². The molecule has 2 aromatic carbocycles. The third-order valence-electron chi connectivity index (χ3n) is 3.94. The molecular weight excluding hydrogens is 360 g/mol. The molecule has 1 aromatic heterocycles. The summed E-state index contributed by atoms with van der Waals surface area (Å²) in [5, 5.41) is 3.72. The van der Waals surface area contributed by atoms with Gasteiger partial charge in [0.1, 0.15) is 5.75 Å². The van der Waals surface area contributed by atoms with Gasteiger partial charge in [-0.25, -0.2) is 0 Å². The van der Waals surface area contributed by atoms with E-state index >= 15 is 0 Å². The molecule has 144 valence electrons. The van der Waals surface area contributed by atoms with Crippen molar-refractivity contribution in [3.63, 3.8) is 0 Å². The van der Waals surface area contributed by atoms with Gasteiger partial charge in [0.05, 0.1) is 0 Å². The van der Waals surface area contributed by atoms with Gasteiger partial charge in [0.15, 0.2) is 12.4 Å². The van der Waals surface area contributed by atoms with Gasteiger partial charge < -0.3 is 9.26 Å². The maximum atomic E-state index is 12.2. The maximum absolute atomic E-state index is 12.2. The smallest absolute Gasteiger partial charge is 0.276 e. The number of ether oxygens (including phenoxy) is 1. The van der Waals surface area contributed by atoms with E-state index in [0.717, 1.165) is 11.1 Å². The fraction of sp³-hybridized carbons (Fsp3) is 0.200. The number of nitrogens with one attached hydrogen (secondary N) is 2. The zero-order chi connectivity index (χ0) is 20.1. The molecule has 0 fully saturated rings. The Kier molecular flexibility index (Phi) is 5.69. The number of carbonyl (C=O) groups is 2. The second-order valence-corrected chi connectivity index (χ2v) is 6.28. The lowest BCUT2D eigenvalue weighted by Crippen LogP contribution is -2.43. The number of aromatic nitrogens is 2. The minimum atomic E-state index is -0.466. The fourth-order valence-electron chi connectivity index (χ4n) is 2.42. The lowest BCUT2D eigenvalue weighted by atomic mass is 10.1. The Morgan fingerprint density at radius 2 is 1.79 bits per heavy atom. The third kappa shape index (κ3) is 4.73. The monoisotopic (exact) mass is 380 g/mol. The van der Waals surface area contributed by atoms with Crippen molar-refractivity contribution in [2.75, 3.05) is 6.61 Å². The molecule has 0 aliphatic heterocycles. The molecule has 28 heavy (non-hydrogen) atoms. The highest BCUT2D eigenvalue weighted by Crippen LogP contribution is 2.19. The summed E-state index contributed by atoms with van der Waals surface area (Å²) in [5.74, 6) is 0.623. The minimum Gasteiger partial charge on any atom is -0.483 e. The van der Waals surface area contributed by atoms with Crippen LogP contribution in [0.5, 0.6) is 5.75 Å². The first-order valence-corrected chi connectivity index (χ1v) is 8.62. The van der Waals surface area contributed by atoms with Crippen LogP contribution in [0.15, 0.2) is 47.0 Å². The fourth-order valence-corrected chi connectivity index (χ4v) is 2.42. The Morgan fingerprint density at radius 1 is 1.04 bits per heavy atom. The van der Waals surface area contributed by atoms with Crippen molar-refractivity contribution in [2.45, 2.75) is 20.8 Å². The average Bonchev–Trinajstić information content (AvgIpc) is 3.13. The third-order valence-corrected chi connectivity index (χ3v) is 3.94. The molecule has 8 nitrogen and oxygen atoms in total. The number of hydrogen-bond acceptors (Lipinski definition) is 6. The molecule has 0 saturated heterocycles. The molecule has 0 unspecified atom stereocenters. The first-order chi connectivity index (χ1) is 13.4. The summed E-state index contributed by atoms with van der Waals surface area (Å²) in [6, 6.07) is 12.3. The Bertz CT molecular complexity index is 996. The molecule has 8 heteroatoms. The van der Waals surface area contributed by atoms with Crippen molar-refractivity contribution in [3.8, 4) is 17.2 Å². The number of rotatable bonds is 5. The van der Waals surface area contributed by atoms with Crippen molar-refractivity contribution >= 4 is 11.8 Å². The molecule has 1 heterocycles. The summed E-state index contributed by atoms with van der Waals surface area (Å²) in [6.45, 7) is 5.35. The average molecular weight is 380 g/mol. The van der Waals surface area contributed by atoms with E-state index < -0.39 is 11.8 Å². The summed E-state index contributed by atoms with van der Waals surface area (Å²) in [6.07, 6.45) is 0. The molecule has 3 aromatic rings. The van der Waals surface area contributed by atoms with Gasteiger partial charge in [-0.1, -0.05) is 17.3 Å². The summed E-state index contributed by atoms with van der Waals surface area (Å²) < 4.78 is 10.6. The summed E-state index contributed by atoms with van der Waals surface area (Å²) in [7, 11) is 0. The largest absolute Gasteiger partial charge is 0.483 e. The quantitative estimate of drug-likeness (QED) is 0.659. The molecule has 0 aliphatic rings. The normalized spacial score (nSPS) is 10.4. The molecule has 0 radical (unpaired) electrons. The number of carbonyl (C=O) groups excluding carboxylic acids is 2. The Balaban J connectivity index is 1.50. The highest BCUT2D eigenvalue weighted by molar-refractivity contribution is 5.95. The lowest BCUT2D eigenvalue weighted by Gasteiger charge is -2.11. The zero-order valence-corrected chi connectivity index (χ0v) is 15.8. The molecular formula is C20H20N4O4. The van der Waals surface area contributed by atoms with E-state index in [-0.39, 0.29) is 6.61 Å². The SMILES string of the molecule is Cc1ccc(C)c(OCC(=O)NNC(=O)c2ccc(-c3nc(C)no3)cc2)c1. The van der Waals surface area contributed by atoms with Crippen molar-refractivity contribution in [2.24, 2.45) is 0 Å². The number of benzene rings is 2. The minimum absolute atomic E-state index is 0.208. The van der Waals surface area contributed by atoms with E-state index in [1.165, 1.54) is 0 Å². The topological polar surface area (TPSA) is 106 Å². The maximum Gasteiger partial charge on any atom is 0.276 e. The zero-order valence-electron chi connectivity index (χ0n) is 15.8. The predicted molar refractivity (Wildman–Crippen MR) is 101 cm³/mol. The summed E-state index contributed by atoms with van der Waals surface area (Å²) in [4.78, 5) is 28.2. The molecule has 0 spiro atoms. The van der Waals surface area contributed by atoms with E-state index in [1.54, 1.807) is 31.2 Å². The van der Waals surface area contributed by atoms with Gasteiger partial charge in [-0.05, 0) is 62.2 Å². The van der Waals surface area contributed by atoms with Gasteiger partial charge in [-0.3, -0.25) is 20.4 Å². The Morgan fingerprint density at radius 3 is 2.46 bits per heavy atom. The van der Waals surface area contributed by atoms with Gasteiger partial charge in [0, 0.05) is 11.1 Å². The first-order valence-electron chi connectivity index (χ1n) is 8.62. The van der Waals surface area contributed by atoms with E-state index in [4.69, 9.17) is 9.26 Å². The van der Waals surface area contributed by atoms with Crippen LogP contribution in [-0.4, -0.2) is 28.6 Å². The van der Waals surface area contributed by atoms with Crippen LogP contribution in [0.2, 0.25) is 0 Å². The Labute approximate surface area is 161 Å². The van der Waals surface area contributed by atoms with Crippen LogP contribution < -0.4 is 15.6 Å². The van der Waals surface area contributed by atoms with Crippen LogP contribution >= 0.6 is 0 Å². The van der Waals surface area contributed by atoms with E-state index in [0.29, 0.717) is 28.6 Å². The highest BCUT2D eigenvalue weighted by Gasteiger charge is 2.11. The van der Waals surface area contributed by atoms with Crippen molar-refractivity contribution in [3.05, 3.63) is 65.0 Å². The molecule has 0 aliphatic carbocycles. The van der Waals surface area contributed by atoms with Crippen molar-refractivity contribution in [1.82, 2.24) is 21.0 Å². The van der Waals surface area contributed by atoms with Crippen LogP contribution in [0.25, 0.3) is 11.5 Å². The number of hydrazine groups is 1. The second kappa shape index (κ2) is 8.34. The second-order valence-electron chi connectivity index (χ2n) is 6.28. The number of hydrogen-bond donors (Lipinski definition) is 2. The Hall–Kier alpha value is -3.68. The van der Waals surface area contributed by atoms with Crippen LogP contribution in [0.3, 0.4) is 0 Å². The molecule has 0 atom stereocenters. The number of amides is 2. The predicted octanol–water partition coefficient (Wildman–Crippen LogP) is 2.50. The summed E-state index contributed by atoms with van der Waals surface area (Å²) >= 11 is 0. The molecule has 0 bridgehead atoms. The lowest BCUT2D eigenvalue weighted by molar-refractivity contribution is -0.123. The van der Waals surface area contributed by atoms with Gasteiger partial charge in [0.25, 0.3) is 17.7 Å². The molecule has 3 rings (SSSR count).